The summed E-state index contributed by atoms with van der Waals surface area (Å²) < 4.78 is 0.927. The lowest BCUT2D eigenvalue weighted by atomic mass is 10.2. The van der Waals surface area contributed by atoms with Crippen molar-refractivity contribution in [2.24, 2.45) is 0 Å². The Morgan fingerprint density at radius 3 is 2.79 bits per heavy atom. The van der Waals surface area contributed by atoms with Gasteiger partial charge in [-0.05, 0) is 35.0 Å². The second-order valence-electron chi connectivity index (χ2n) is 2.53. The molecule has 5 heteroatoms. The predicted octanol–water partition coefficient (Wildman–Crippen LogP) is 2.81. The van der Waals surface area contributed by atoms with E-state index in [1.165, 1.54) is 17.4 Å². The van der Waals surface area contributed by atoms with Gasteiger partial charge in [0, 0.05) is 14.2 Å². The summed E-state index contributed by atoms with van der Waals surface area (Å²) in [6.07, 6.45) is 1.37. The normalized spacial score (nSPS) is 11.1. The molecule has 1 aromatic heterocycles. The number of carboxylic acids is 1. The van der Waals surface area contributed by atoms with E-state index in [2.05, 4.69) is 15.9 Å². The fourth-order valence-corrected chi connectivity index (χ4v) is 2.34. The second kappa shape index (κ2) is 4.40. The van der Waals surface area contributed by atoms with E-state index in [4.69, 9.17) is 10.4 Å². The first-order valence-corrected chi connectivity index (χ1v) is 5.26. The summed E-state index contributed by atoms with van der Waals surface area (Å²) in [5.41, 5.74) is -0.251. The van der Waals surface area contributed by atoms with Crippen LogP contribution in [-0.4, -0.2) is 11.1 Å². The Kier molecular flexibility index (Phi) is 3.44. The first-order chi connectivity index (χ1) is 6.54. The Balaban J connectivity index is 3.08. The van der Waals surface area contributed by atoms with Crippen LogP contribution in [0.5, 0.6) is 0 Å². The van der Waals surface area contributed by atoms with Gasteiger partial charge in [0.1, 0.15) is 11.6 Å². The third-order valence-electron chi connectivity index (χ3n) is 1.51. The van der Waals surface area contributed by atoms with Crippen LogP contribution in [0.4, 0.5) is 0 Å². The van der Waals surface area contributed by atoms with Crippen LogP contribution in [-0.2, 0) is 4.79 Å². The van der Waals surface area contributed by atoms with Gasteiger partial charge in [-0.15, -0.1) is 11.3 Å². The molecule has 1 aromatic rings. The Morgan fingerprint density at radius 2 is 2.43 bits per heavy atom. The summed E-state index contributed by atoms with van der Waals surface area (Å²) >= 11 is 4.75. The second-order valence-corrected chi connectivity index (χ2v) is 4.67. The molecule has 0 spiro atoms. The molecule has 72 valence electrons. The zero-order valence-electron chi connectivity index (χ0n) is 7.24. The lowest BCUT2D eigenvalue weighted by Crippen LogP contribution is -1.96. The van der Waals surface area contributed by atoms with Crippen molar-refractivity contribution < 1.29 is 9.90 Å². The molecule has 0 aliphatic rings. The largest absolute Gasteiger partial charge is 0.477 e. The lowest BCUT2D eigenvalue weighted by Gasteiger charge is -1.87. The Bertz CT molecular complexity index is 423. The molecule has 0 radical (unpaired) electrons. The summed E-state index contributed by atoms with van der Waals surface area (Å²) in [4.78, 5) is 12.3. The lowest BCUT2D eigenvalue weighted by molar-refractivity contribution is -0.132. The van der Waals surface area contributed by atoms with E-state index in [0.29, 0.717) is 0 Å². The van der Waals surface area contributed by atoms with E-state index in [1.807, 2.05) is 6.92 Å². The third kappa shape index (κ3) is 2.44. The summed E-state index contributed by atoms with van der Waals surface area (Å²) in [5, 5.41) is 17.1. The molecule has 0 atom stereocenters. The molecule has 3 nitrogen and oxygen atoms in total. The number of carboxylic acid groups (broad SMARTS) is 1. The number of aliphatic carboxylic acids is 1. The number of nitrogens with zero attached hydrogens (tertiary/aromatic N) is 1. The van der Waals surface area contributed by atoms with Crippen molar-refractivity contribution in [1.29, 1.82) is 5.26 Å². The quantitative estimate of drug-likeness (QED) is 0.665. The Hall–Kier alpha value is -1.12. The number of hydrogen-bond donors (Lipinski definition) is 1. The topological polar surface area (TPSA) is 61.1 Å². The van der Waals surface area contributed by atoms with E-state index in [-0.39, 0.29) is 5.57 Å². The number of thiophene rings is 1. The SMILES string of the molecule is Cc1sc(/C=C(/C#N)C(=O)O)cc1Br. The molecule has 14 heavy (non-hydrogen) atoms. The first kappa shape index (κ1) is 11.0. The maximum Gasteiger partial charge on any atom is 0.346 e. The van der Waals surface area contributed by atoms with Crippen LogP contribution in [0.3, 0.4) is 0 Å². The van der Waals surface area contributed by atoms with Gasteiger partial charge < -0.3 is 5.11 Å². The van der Waals surface area contributed by atoms with Gasteiger partial charge in [0.15, 0.2) is 0 Å². The van der Waals surface area contributed by atoms with E-state index >= 15 is 0 Å². The van der Waals surface area contributed by atoms with Gasteiger partial charge >= 0.3 is 5.97 Å². The molecule has 0 bridgehead atoms. The van der Waals surface area contributed by atoms with E-state index < -0.39 is 5.97 Å². The van der Waals surface area contributed by atoms with Crippen molar-refractivity contribution >= 4 is 39.3 Å². The summed E-state index contributed by atoms with van der Waals surface area (Å²) in [7, 11) is 0. The molecule has 0 unspecified atom stereocenters. The van der Waals surface area contributed by atoms with Crippen molar-refractivity contribution in [3.63, 3.8) is 0 Å². The fraction of sp³-hybridized carbons (Fsp3) is 0.111. The third-order valence-corrected chi connectivity index (χ3v) is 3.60. The minimum atomic E-state index is -1.20. The number of halogens is 1. The average Bonchev–Trinajstić information content (AvgIpc) is 2.41. The van der Waals surface area contributed by atoms with E-state index in [1.54, 1.807) is 12.1 Å². The minimum Gasteiger partial charge on any atom is -0.477 e. The molecular formula is C9H6BrNO2S. The molecule has 0 saturated heterocycles. The van der Waals surface area contributed by atoms with Crippen LogP contribution in [0.15, 0.2) is 16.1 Å². The van der Waals surface area contributed by atoms with Gasteiger partial charge in [0.2, 0.25) is 0 Å². The number of nitriles is 1. The molecule has 1 heterocycles. The fourth-order valence-electron chi connectivity index (χ4n) is 0.837. The van der Waals surface area contributed by atoms with Crippen molar-refractivity contribution in [1.82, 2.24) is 0 Å². The van der Waals surface area contributed by atoms with Crippen LogP contribution >= 0.6 is 27.3 Å². The monoisotopic (exact) mass is 271 g/mol. The van der Waals surface area contributed by atoms with Crippen LogP contribution in [0, 0.1) is 18.3 Å². The zero-order valence-corrected chi connectivity index (χ0v) is 9.65. The smallest absolute Gasteiger partial charge is 0.346 e. The number of rotatable bonds is 2. The zero-order chi connectivity index (χ0) is 10.7. The Morgan fingerprint density at radius 1 is 1.79 bits per heavy atom. The minimum absolute atomic E-state index is 0.251. The van der Waals surface area contributed by atoms with Crippen LogP contribution in [0.1, 0.15) is 9.75 Å². The van der Waals surface area contributed by atoms with Crippen LogP contribution < -0.4 is 0 Å². The van der Waals surface area contributed by atoms with Crippen LogP contribution in [0.25, 0.3) is 6.08 Å². The van der Waals surface area contributed by atoms with Crippen molar-refractivity contribution in [2.75, 3.05) is 0 Å². The van der Waals surface area contributed by atoms with Crippen molar-refractivity contribution in [3.05, 3.63) is 25.9 Å². The van der Waals surface area contributed by atoms with Crippen molar-refractivity contribution in [2.45, 2.75) is 6.92 Å². The maximum atomic E-state index is 10.5. The molecule has 1 rings (SSSR count). The summed E-state index contributed by atoms with van der Waals surface area (Å²) in [6.45, 7) is 1.92. The maximum absolute atomic E-state index is 10.5. The predicted molar refractivity (Wildman–Crippen MR) is 58.0 cm³/mol. The van der Waals surface area contributed by atoms with Crippen LogP contribution in [0.2, 0.25) is 0 Å². The van der Waals surface area contributed by atoms with E-state index in [0.717, 1.165) is 14.2 Å². The molecule has 0 aliphatic carbocycles. The highest BCUT2D eigenvalue weighted by Crippen LogP contribution is 2.27. The first-order valence-electron chi connectivity index (χ1n) is 3.65. The molecular weight excluding hydrogens is 266 g/mol. The number of carbonyl (C=O) groups is 1. The van der Waals surface area contributed by atoms with Gasteiger partial charge in [-0.25, -0.2) is 4.79 Å². The standard InChI is InChI=1S/C9H6BrNO2S/c1-5-8(10)3-7(14-5)2-6(4-11)9(12)13/h2-3H,1H3,(H,12,13)/b6-2-. The number of aryl methyl sites for hydroxylation is 1. The molecule has 0 fully saturated rings. The van der Waals surface area contributed by atoms with Gasteiger partial charge in [-0.3, -0.25) is 0 Å². The molecule has 0 aliphatic heterocycles. The van der Waals surface area contributed by atoms with Gasteiger partial charge in [-0.2, -0.15) is 5.26 Å². The molecule has 0 saturated carbocycles. The number of hydrogen-bond acceptors (Lipinski definition) is 3. The highest BCUT2D eigenvalue weighted by atomic mass is 79.9. The Labute approximate surface area is 93.4 Å². The summed E-state index contributed by atoms with van der Waals surface area (Å²) in [5.74, 6) is -1.20. The molecule has 0 amide bonds. The highest BCUT2D eigenvalue weighted by molar-refractivity contribution is 9.10. The van der Waals surface area contributed by atoms with Crippen molar-refractivity contribution in [3.8, 4) is 6.07 Å². The van der Waals surface area contributed by atoms with E-state index in [9.17, 15) is 4.79 Å². The summed E-state index contributed by atoms with van der Waals surface area (Å²) in [6, 6.07) is 3.42. The van der Waals surface area contributed by atoms with Gasteiger partial charge in [0.25, 0.3) is 0 Å². The van der Waals surface area contributed by atoms with Gasteiger partial charge in [-0.1, -0.05) is 0 Å². The average molecular weight is 272 g/mol. The molecule has 1 N–H and O–H groups in total. The highest BCUT2D eigenvalue weighted by Gasteiger charge is 2.07. The van der Waals surface area contributed by atoms with Gasteiger partial charge in [0.05, 0.1) is 0 Å². The molecule has 0 aromatic carbocycles.